The second kappa shape index (κ2) is 4.03. The first-order valence-corrected chi connectivity index (χ1v) is 5.49. The normalized spacial score (nSPS) is 19.8. The third-order valence-corrected chi connectivity index (χ3v) is 2.70. The van der Waals surface area contributed by atoms with Gasteiger partial charge in [0, 0.05) is 5.56 Å². The number of carbonyl (C=O) groups excluding carboxylic acids is 2. The molecule has 2 heterocycles. The van der Waals surface area contributed by atoms with Crippen molar-refractivity contribution in [1.82, 2.24) is 10.6 Å². The number of urea groups is 1. The Morgan fingerprint density at radius 1 is 1.17 bits per heavy atom. The van der Waals surface area contributed by atoms with E-state index in [9.17, 15) is 9.59 Å². The second-order valence-corrected chi connectivity index (χ2v) is 4.01. The van der Waals surface area contributed by atoms with Crippen molar-refractivity contribution >= 4 is 18.0 Å². The molecule has 3 amide bonds. The van der Waals surface area contributed by atoms with Gasteiger partial charge in [-0.3, -0.25) is 10.1 Å². The molecule has 1 saturated heterocycles. The SMILES string of the molecule is O=C1NC(=O)/C(=C/C2=Cc3ccccc3OC2)N1. The quantitative estimate of drug-likeness (QED) is 0.574. The predicted molar refractivity (Wildman–Crippen MR) is 64.7 cm³/mol. The zero-order valence-corrected chi connectivity index (χ0v) is 9.40. The third kappa shape index (κ3) is 1.86. The highest BCUT2D eigenvalue weighted by Crippen LogP contribution is 2.26. The van der Waals surface area contributed by atoms with Crippen LogP contribution in [0.25, 0.3) is 6.08 Å². The summed E-state index contributed by atoms with van der Waals surface area (Å²) < 4.78 is 5.55. The summed E-state index contributed by atoms with van der Waals surface area (Å²) in [5.41, 5.74) is 2.04. The van der Waals surface area contributed by atoms with Crippen molar-refractivity contribution in [2.45, 2.75) is 0 Å². The van der Waals surface area contributed by atoms with Gasteiger partial charge in [0.1, 0.15) is 18.1 Å². The molecule has 90 valence electrons. The van der Waals surface area contributed by atoms with Crippen LogP contribution >= 0.6 is 0 Å². The lowest BCUT2D eigenvalue weighted by Gasteiger charge is -2.15. The van der Waals surface area contributed by atoms with Crippen LogP contribution in [0, 0.1) is 0 Å². The molecule has 5 heteroatoms. The third-order valence-electron chi connectivity index (χ3n) is 2.70. The molecule has 0 spiro atoms. The molecular weight excluding hydrogens is 232 g/mol. The minimum atomic E-state index is -0.496. The number of para-hydroxylation sites is 1. The molecule has 3 rings (SSSR count). The highest BCUT2D eigenvalue weighted by atomic mass is 16.5. The maximum atomic E-state index is 11.4. The van der Waals surface area contributed by atoms with E-state index in [1.807, 2.05) is 30.3 Å². The van der Waals surface area contributed by atoms with E-state index in [0.29, 0.717) is 6.61 Å². The van der Waals surface area contributed by atoms with E-state index in [1.54, 1.807) is 6.08 Å². The van der Waals surface area contributed by atoms with E-state index in [1.165, 1.54) is 0 Å². The van der Waals surface area contributed by atoms with Crippen molar-refractivity contribution < 1.29 is 14.3 Å². The number of hydrogen-bond acceptors (Lipinski definition) is 3. The number of imide groups is 1. The number of rotatable bonds is 1. The summed E-state index contributed by atoms with van der Waals surface area (Å²) in [6.45, 7) is 0.379. The zero-order valence-electron chi connectivity index (χ0n) is 9.40. The molecule has 0 radical (unpaired) electrons. The van der Waals surface area contributed by atoms with Gasteiger partial charge < -0.3 is 10.1 Å². The first-order chi connectivity index (χ1) is 8.72. The van der Waals surface area contributed by atoms with Crippen molar-refractivity contribution in [2.24, 2.45) is 0 Å². The van der Waals surface area contributed by atoms with Crippen LogP contribution in [-0.2, 0) is 4.79 Å². The Morgan fingerprint density at radius 3 is 2.78 bits per heavy atom. The van der Waals surface area contributed by atoms with Gasteiger partial charge in [-0.15, -0.1) is 0 Å². The van der Waals surface area contributed by atoms with Gasteiger partial charge in [0.25, 0.3) is 5.91 Å². The Labute approximate surface area is 103 Å². The number of amides is 3. The first-order valence-electron chi connectivity index (χ1n) is 5.49. The molecule has 1 aromatic carbocycles. The fraction of sp³-hybridized carbons (Fsp3) is 0.0769. The first kappa shape index (κ1) is 10.6. The van der Waals surface area contributed by atoms with Crippen LogP contribution in [0.4, 0.5) is 4.79 Å². The predicted octanol–water partition coefficient (Wildman–Crippen LogP) is 1.19. The molecule has 0 saturated carbocycles. The Morgan fingerprint density at radius 2 is 2.00 bits per heavy atom. The van der Waals surface area contributed by atoms with Crippen LogP contribution in [0.3, 0.4) is 0 Å². The van der Waals surface area contributed by atoms with Crippen molar-refractivity contribution in [3.63, 3.8) is 0 Å². The van der Waals surface area contributed by atoms with Crippen LogP contribution in [-0.4, -0.2) is 18.5 Å². The lowest BCUT2D eigenvalue weighted by molar-refractivity contribution is -0.115. The van der Waals surface area contributed by atoms with Crippen molar-refractivity contribution in [3.8, 4) is 5.75 Å². The molecule has 0 aliphatic carbocycles. The topological polar surface area (TPSA) is 67.4 Å². The molecule has 1 aromatic rings. The summed E-state index contributed by atoms with van der Waals surface area (Å²) in [7, 11) is 0. The Bertz CT molecular complexity index is 602. The van der Waals surface area contributed by atoms with Crippen LogP contribution in [0.5, 0.6) is 5.75 Å². The van der Waals surface area contributed by atoms with Gasteiger partial charge >= 0.3 is 6.03 Å². The maximum absolute atomic E-state index is 11.4. The van der Waals surface area contributed by atoms with E-state index in [2.05, 4.69) is 10.6 Å². The minimum absolute atomic E-state index is 0.245. The van der Waals surface area contributed by atoms with Crippen molar-refractivity contribution in [2.75, 3.05) is 6.61 Å². The fourth-order valence-electron chi connectivity index (χ4n) is 1.88. The lowest BCUT2D eigenvalue weighted by atomic mass is 10.1. The average molecular weight is 242 g/mol. The summed E-state index contributed by atoms with van der Waals surface area (Å²) in [5.74, 6) is 0.402. The zero-order chi connectivity index (χ0) is 12.5. The molecule has 0 aromatic heterocycles. The Kier molecular flexibility index (Phi) is 2.37. The Balaban J connectivity index is 1.92. The number of fused-ring (bicyclic) bond motifs is 1. The maximum Gasteiger partial charge on any atom is 0.326 e. The van der Waals surface area contributed by atoms with Gasteiger partial charge in [0.15, 0.2) is 0 Å². The van der Waals surface area contributed by atoms with E-state index >= 15 is 0 Å². The summed E-state index contributed by atoms with van der Waals surface area (Å²) in [4.78, 5) is 22.3. The van der Waals surface area contributed by atoms with E-state index < -0.39 is 11.9 Å². The number of carbonyl (C=O) groups is 2. The summed E-state index contributed by atoms with van der Waals surface area (Å²) in [6, 6.07) is 7.14. The van der Waals surface area contributed by atoms with Gasteiger partial charge in [-0.25, -0.2) is 4.79 Å². The monoisotopic (exact) mass is 242 g/mol. The standard InChI is InChI=1S/C13H10N2O3/c16-12-10(14-13(17)15-12)6-8-5-9-3-1-2-4-11(9)18-7-8/h1-6H,7H2,(H2,14,15,16,17)/b10-6-. The van der Waals surface area contributed by atoms with E-state index in [-0.39, 0.29) is 5.70 Å². The van der Waals surface area contributed by atoms with Crippen LogP contribution < -0.4 is 15.4 Å². The number of nitrogens with one attached hydrogen (secondary N) is 2. The van der Waals surface area contributed by atoms with Gasteiger partial charge in [-0.2, -0.15) is 0 Å². The summed E-state index contributed by atoms with van der Waals surface area (Å²) in [5, 5.41) is 4.59. The van der Waals surface area contributed by atoms with Crippen LogP contribution in [0.1, 0.15) is 5.56 Å². The molecule has 2 aliphatic rings. The molecule has 0 atom stereocenters. The van der Waals surface area contributed by atoms with Gasteiger partial charge in [-0.1, -0.05) is 18.2 Å². The number of ether oxygens (including phenoxy) is 1. The van der Waals surface area contributed by atoms with Crippen molar-refractivity contribution in [3.05, 3.63) is 47.2 Å². The molecule has 5 nitrogen and oxygen atoms in total. The second-order valence-electron chi connectivity index (χ2n) is 4.01. The van der Waals surface area contributed by atoms with Crippen LogP contribution in [0.15, 0.2) is 41.6 Å². The van der Waals surface area contributed by atoms with E-state index in [4.69, 9.17) is 4.74 Å². The van der Waals surface area contributed by atoms with Gasteiger partial charge in [-0.05, 0) is 23.8 Å². The van der Waals surface area contributed by atoms with Crippen molar-refractivity contribution in [1.29, 1.82) is 0 Å². The molecule has 1 fully saturated rings. The highest BCUT2D eigenvalue weighted by Gasteiger charge is 2.23. The van der Waals surface area contributed by atoms with Gasteiger partial charge in [0.05, 0.1) is 0 Å². The molecule has 0 bridgehead atoms. The van der Waals surface area contributed by atoms with Crippen LogP contribution in [0.2, 0.25) is 0 Å². The lowest BCUT2D eigenvalue weighted by Crippen LogP contribution is -2.22. The Hall–Kier alpha value is -2.56. The molecule has 2 N–H and O–H groups in total. The summed E-state index contributed by atoms with van der Waals surface area (Å²) in [6.07, 6.45) is 3.56. The molecule has 0 unspecified atom stereocenters. The molecule has 2 aliphatic heterocycles. The average Bonchev–Trinajstić information content (AvgIpc) is 2.68. The molecular formula is C13H10N2O3. The molecule has 18 heavy (non-hydrogen) atoms. The van der Waals surface area contributed by atoms with E-state index in [0.717, 1.165) is 16.9 Å². The smallest absolute Gasteiger partial charge is 0.326 e. The minimum Gasteiger partial charge on any atom is -0.488 e. The highest BCUT2D eigenvalue weighted by molar-refractivity contribution is 6.12. The largest absolute Gasteiger partial charge is 0.488 e. The number of hydrogen-bond donors (Lipinski definition) is 2. The number of benzene rings is 1. The fourth-order valence-corrected chi connectivity index (χ4v) is 1.88. The van der Waals surface area contributed by atoms with Gasteiger partial charge in [0.2, 0.25) is 0 Å². The summed E-state index contributed by atoms with van der Waals surface area (Å²) >= 11 is 0.